The van der Waals surface area contributed by atoms with Crippen LogP contribution >= 0.6 is 0 Å². The van der Waals surface area contributed by atoms with E-state index in [1.165, 1.54) is 0 Å². The van der Waals surface area contributed by atoms with Gasteiger partial charge in [0.15, 0.2) is 0 Å². The molecule has 0 spiro atoms. The van der Waals surface area contributed by atoms with E-state index in [9.17, 15) is 24.4 Å². The molecule has 1 fully saturated rings. The summed E-state index contributed by atoms with van der Waals surface area (Å²) in [5, 5.41) is 11.7. The van der Waals surface area contributed by atoms with E-state index >= 15 is 0 Å². The molecule has 1 aliphatic heterocycles. The molecule has 0 bridgehead atoms. The summed E-state index contributed by atoms with van der Waals surface area (Å²) in [6, 6.07) is 1.22. The van der Waals surface area contributed by atoms with E-state index in [2.05, 4.69) is 5.32 Å². The quantitative estimate of drug-likeness (QED) is 0.546. The molecule has 0 aromatic carbocycles. The molecule has 0 aliphatic carbocycles. The van der Waals surface area contributed by atoms with Gasteiger partial charge in [-0.2, -0.15) is 5.26 Å². The molecule has 1 saturated heterocycles. The molecule has 1 heterocycles. The predicted octanol–water partition coefficient (Wildman–Crippen LogP) is 0.632. The summed E-state index contributed by atoms with van der Waals surface area (Å²) in [6.07, 6.45) is 1.35. The zero-order chi connectivity index (χ0) is 17.8. The van der Waals surface area contributed by atoms with E-state index in [1.54, 1.807) is 20.8 Å². The molecule has 126 valence electrons. The second-order valence-corrected chi connectivity index (χ2v) is 6.00. The molecular weight excluding hydrogens is 300 g/mol. The van der Waals surface area contributed by atoms with E-state index in [1.807, 2.05) is 13.0 Å². The van der Waals surface area contributed by atoms with Crippen molar-refractivity contribution in [3.05, 3.63) is 0 Å². The molecule has 0 aromatic heterocycles. The maximum atomic E-state index is 12.1. The fraction of sp³-hybridized carbons (Fsp3) is 0.667. The zero-order valence-corrected chi connectivity index (χ0v) is 13.9. The maximum Gasteiger partial charge on any atom is 0.334 e. The molecule has 0 aromatic rings. The largest absolute Gasteiger partial charge is 0.336 e. The number of hydrogen-bond donors (Lipinski definition) is 1. The van der Waals surface area contributed by atoms with Gasteiger partial charge in [0.1, 0.15) is 12.1 Å². The molecule has 1 aliphatic rings. The van der Waals surface area contributed by atoms with E-state index in [0.29, 0.717) is 11.3 Å². The van der Waals surface area contributed by atoms with Crippen LogP contribution in [0, 0.1) is 17.2 Å². The first-order valence-corrected chi connectivity index (χ1v) is 7.57. The summed E-state index contributed by atoms with van der Waals surface area (Å²) in [5.74, 6) is -2.74. The molecule has 1 N–H and O–H groups in total. The topological polar surface area (TPSA) is 111 Å². The molecule has 0 saturated carbocycles. The third kappa shape index (κ3) is 3.86. The molecular formula is C15H22N4O4. The molecule has 23 heavy (non-hydrogen) atoms. The maximum absolute atomic E-state index is 12.1. The van der Waals surface area contributed by atoms with Crippen molar-refractivity contribution in [2.45, 2.75) is 46.1 Å². The number of nitrogens with one attached hydrogen (secondary N) is 1. The van der Waals surface area contributed by atoms with Crippen molar-refractivity contribution in [1.82, 2.24) is 15.1 Å². The Hall–Kier alpha value is -2.43. The number of carbonyl (C=O) groups excluding carboxylic acids is 4. The SMILES string of the molecule is CCCCN1C(=O)C(=O)N(CC(=O)N[C@](C)(C#N)C(C)C)C1=O. The molecule has 0 unspecified atom stereocenters. The number of carbonyl (C=O) groups is 4. The lowest BCUT2D eigenvalue weighted by molar-refractivity contribution is -0.144. The van der Waals surface area contributed by atoms with Crippen LogP contribution < -0.4 is 5.32 Å². The number of imide groups is 2. The van der Waals surface area contributed by atoms with Crippen LogP contribution in [0.5, 0.6) is 0 Å². The monoisotopic (exact) mass is 322 g/mol. The second-order valence-electron chi connectivity index (χ2n) is 6.00. The van der Waals surface area contributed by atoms with Crippen LogP contribution in [0.3, 0.4) is 0 Å². The van der Waals surface area contributed by atoms with Crippen LogP contribution in [0.15, 0.2) is 0 Å². The third-order valence-corrected chi connectivity index (χ3v) is 3.96. The van der Waals surface area contributed by atoms with Gasteiger partial charge in [0, 0.05) is 6.54 Å². The smallest absolute Gasteiger partial charge is 0.334 e. The number of urea groups is 1. The average Bonchev–Trinajstić information content (AvgIpc) is 2.69. The van der Waals surface area contributed by atoms with Crippen LogP contribution in [-0.2, 0) is 14.4 Å². The fourth-order valence-corrected chi connectivity index (χ4v) is 1.98. The summed E-state index contributed by atoms with van der Waals surface area (Å²) >= 11 is 0. The van der Waals surface area contributed by atoms with Crippen molar-refractivity contribution in [3.8, 4) is 6.07 Å². The molecule has 0 radical (unpaired) electrons. The third-order valence-electron chi connectivity index (χ3n) is 3.96. The van der Waals surface area contributed by atoms with Crippen molar-refractivity contribution in [2.75, 3.05) is 13.1 Å². The van der Waals surface area contributed by atoms with Crippen LogP contribution in [0.4, 0.5) is 4.79 Å². The van der Waals surface area contributed by atoms with Crippen molar-refractivity contribution in [3.63, 3.8) is 0 Å². The standard InChI is InChI=1S/C15H22N4O4/c1-5-6-7-18-12(21)13(22)19(14(18)23)8-11(20)17-15(4,9-16)10(2)3/h10H,5-8H2,1-4H3,(H,17,20)/t15-/m1/s1. The van der Waals surface area contributed by atoms with Crippen LogP contribution in [0.2, 0.25) is 0 Å². The van der Waals surface area contributed by atoms with E-state index < -0.39 is 35.8 Å². The highest BCUT2D eigenvalue weighted by atomic mass is 16.2. The van der Waals surface area contributed by atoms with E-state index in [4.69, 9.17) is 0 Å². The van der Waals surface area contributed by atoms with Gasteiger partial charge < -0.3 is 5.32 Å². The Labute approximate surface area is 135 Å². The minimum absolute atomic E-state index is 0.153. The Morgan fingerprint density at radius 1 is 1.26 bits per heavy atom. The molecule has 5 amide bonds. The predicted molar refractivity (Wildman–Crippen MR) is 80.7 cm³/mol. The molecule has 1 atom stereocenters. The lowest BCUT2D eigenvalue weighted by Crippen LogP contribution is -2.52. The van der Waals surface area contributed by atoms with Gasteiger partial charge in [0.05, 0.1) is 6.07 Å². The summed E-state index contributed by atoms with van der Waals surface area (Å²) in [4.78, 5) is 49.3. The highest BCUT2D eigenvalue weighted by Crippen LogP contribution is 2.16. The summed E-state index contributed by atoms with van der Waals surface area (Å²) in [7, 11) is 0. The van der Waals surface area contributed by atoms with Gasteiger partial charge >= 0.3 is 17.8 Å². The molecule has 1 rings (SSSR count). The Kier molecular flexibility index (Phi) is 5.85. The number of nitriles is 1. The van der Waals surface area contributed by atoms with E-state index in [0.717, 1.165) is 11.3 Å². The minimum atomic E-state index is -1.12. The van der Waals surface area contributed by atoms with Crippen molar-refractivity contribution in [1.29, 1.82) is 5.26 Å². The molecule has 8 nitrogen and oxygen atoms in total. The van der Waals surface area contributed by atoms with Gasteiger partial charge in [-0.3, -0.25) is 19.3 Å². The first-order valence-electron chi connectivity index (χ1n) is 7.57. The number of rotatable bonds is 7. The Morgan fingerprint density at radius 3 is 2.30 bits per heavy atom. The zero-order valence-electron chi connectivity index (χ0n) is 13.9. The number of amides is 5. The number of nitrogens with zero attached hydrogens (tertiary/aromatic N) is 3. The summed E-state index contributed by atoms with van der Waals surface area (Å²) in [5.41, 5.74) is -1.12. The van der Waals surface area contributed by atoms with Crippen molar-refractivity contribution < 1.29 is 19.2 Å². The van der Waals surface area contributed by atoms with Crippen molar-refractivity contribution >= 4 is 23.8 Å². The lowest BCUT2D eigenvalue weighted by Gasteiger charge is -2.28. The average molecular weight is 322 g/mol. The first-order chi connectivity index (χ1) is 10.7. The van der Waals surface area contributed by atoms with Gasteiger partial charge in [0.2, 0.25) is 5.91 Å². The summed E-state index contributed by atoms with van der Waals surface area (Å²) < 4.78 is 0. The summed E-state index contributed by atoms with van der Waals surface area (Å²) in [6.45, 7) is 6.57. The highest BCUT2D eigenvalue weighted by molar-refractivity contribution is 6.45. The lowest BCUT2D eigenvalue weighted by atomic mass is 9.90. The highest BCUT2D eigenvalue weighted by Gasteiger charge is 2.45. The number of unbranched alkanes of at least 4 members (excludes halogenated alkanes) is 1. The van der Waals surface area contributed by atoms with Gasteiger partial charge in [-0.25, -0.2) is 9.69 Å². The Balaban J connectivity index is 2.79. The fourth-order valence-electron chi connectivity index (χ4n) is 1.98. The van der Waals surface area contributed by atoms with Crippen LogP contribution in [-0.4, -0.2) is 52.2 Å². The second kappa shape index (κ2) is 7.22. The van der Waals surface area contributed by atoms with E-state index in [-0.39, 0.29) is 12.5 Å². The van der Waals surface area contributed by atoms with Crippen LogP contribution in [0.25, 0.3) is 0 Å². The van der Waals surface area contributed by atoms with Gasteiger partial charge in [-0.15, -0.1) is 0 Å². The van der Waals surface area contributed by atoms with Gasteiger partial charge in [0.25, 0.3) is 0 Å². The van der Waals surface area contributed by atoms with Crippen LogP contribution in [0.1, 0.15) is 40.5 Å². The molecule has 8 heteroatoms. The van der Waals surface area contributed by atoms with Crippen molar-refractivity contribution in [2.24, 2.45) is 5.92 Å². The first kappa shape index (κ1) is 18.6. The Morgan fingerprint density at radius 2 is 1.83 bits per heavy atom. The van der Waals surface area contributed by atoms with Gasteiger partial charge in [-0.05, 0) is 19.3 Å². The Bertz CT molecular complexity index is 566. The minimum Gasteiger partial charge on any atom is -0.336 e. The van der Waals surface area contributed by atoms with Gasteiger partial charge in [-0.1, -0.05) is 27.2 Å². The number of hydrogen-bond acceptors (Lipinski definition) is 5. The normalized spacial score (nSPS) is 17.5.